The van der Waals surface area contributed by atoms with E-state index in [1.54, 1.807) is 34.0 Å². The summed E-state index contributed by atoms with van der Waals surface area (Å²) >= 11 is 0. The molecule has 1 N–H and O–H groups in total. The maximum absolute atomic E-state index is 12.3. The molecule has 0 aliphatic carbocycles. The number of carbonyl (C=O) groups is 1. The molecule has 0 radical (unpaired) electrons. The first kappa shape index (κ1) is 14.0. The number of rotatable bonds is 4. The van der Waals surface area contributed by atoms with Crippen LogP contribution in [0.3, 0.4) is 0 Å². The van der Waals surface area contributed by atoms with Crippen molar-refractivity contribution in [1.29, 1.82) is 0 Å². The summed E-state index contributed by atoms with van der Waals surface area (Å²) in [6, 6.07) is 9.25. The Morgan fingerprint density at radius 2 is 2.00 bits per heavy atom. The number of nitrogens with one attached hydrogen (secondary N) is 1. The molecule has 3 rings (SSSR count). The van der Waals surface area contributed by atoms with Gasteiger partial charge in [0.1, 0.15) is 12.7 Å². The predicted molar refractivity (Wildman–Crippen MR) is 80.5 cm³/mol. The van der Waals surface area contributed by atoms with E-state index in [4.69, 9.17) is 0 Å². The number of benzene rings is 1. The van der Waals surface area contributed by atoms with Crippen molar-refractivity contribution in [3.8, 4) is 5.69 Å². The number of hydrogen-bond donors (Lipinski definition) is 1. The highest BCUT2D eigenvalue weighted by molar-refractivity contribution is 5.94. The van der Waals surface area contributed by atoms with Crippen LogP contribution in [-0.2, 0) is 13.6 Å². The van der Waals surface area contributed by atoms with E-state index in [9.17, 15) is 4.79 Å². The fourth-order valence-electron chi connectivity index (χ4n) is 2.24. The second-order valence-corrected chi connectivity index (χ2v) is 5.00. The quantitative estimate of drug-likeness (QED) is 0.785. The van der Waals surface area contributed by atoms with Crippen LogP contribution in [0, 0.1) is 6.92 Å². The van der Waals surface area contributed by atoms with Crippen LogP contribution in [0.1, 0.15) is 21.7 Å². The summed E-state index contributed by atoms with van der Waals surface area (Å²) in [6.45, 7) is 2.36. The van der Waals surface area contributed by atoms with E-state index in [0.29, 0.717) is 12.1 Å². The maximum Gasteiger partial charge on any atom is 0.251 e. The van der Waals surface area contributed by atoms with Crippen LogP contribution in [0.4, 0.5) is 0 Å². The molecular formula is C15H16N6O. The molecule has 0 aliphatic rings. The highest BCUT2D eigenvalue weighted by atomic mass is 16.1. The van der Waals surface area contributed by atoms with E-state index in [1.807, 2.05) is 32.2 Å². The van der Waals surface area contributed by atoms with Crippen LogP contribution in [0.5, 0.6) is 0 Å². The lowest BCUT2D eigenvalue weighted by Crippen LogP contribution is -2.24. The molecule has 0 atom stereocenters. The summed E-state index contributed by atoms with van der Waals surface area (Å²) < 4.78 is 3.52. The monoisotopic (exact) mass is 296 g/mol. The van der Waals surface area contributed by atoms with Gasteiger partial charge in [0.25, 0.3) is 5.91 Å². The molecule has 0 fully saturated rings. The van der Waals surface area contributed by atoms with Crippen molar-refractivity contribution in [2.24, 2.45) is 7.05 Å². The van der Waals surface area contributed by atoms with Crippen LogP contribution >= 0.6 is 0 Å². The van der Waals surface area contributed by atoms with Crippen LogP contribution in [0.25, 0.3) is 5.69 Å². The molecule has 112 valence electrons. The average Bonchev–Trinajstić information content (AvgIpc) is 3.15. The van der Waals surface area contributed by atoms with Gasteiger partial charge in [0, 0.05) is 18.3 Å². The molecule has 0 saturated heterocycles. The molecule has 0 aliphatic heterocycles. The van der Waals surface area contributed by atoms with Crippen LogP contribution in [0.15, 0.2) is 43.0 Å². The molecule has 1 aromatic carbocycles. The van der Waals surface area contributed by atoms with Gasteiger partial charge in [-0.15, -0.1) is 10.2 Å². The fraction of sp³-hybridized carbons (Fsp3) is 0.200. The zero-order valence-corrected chi connectivity index (χ0v) is 12.4. The fourth-order valence-corrected chi connectivity index (χ4v) is 2.24. The second kappa shape index (κ2) is 5.80. The van der Waals surface area contributed by atoms with Crippen LogP contribution in [-0.4, -0.2) is 30.5 Å². The first-order valence-corrected chi connectivity index (χ1v) is 6.86. The third kappa shape index (κ3) is 2.88. The number of aryl methyl sites for hydroxylation is 2. The highest BCUT2D eigenvalue weighted by Gasteiger charge is 2.09. The van der Waals surface area contributed by atoms with Gasteiger partial charge in [-0.05, 0) is 31.2 Å². The molecular weight excluding hydrogens is 280 g/mol. The molecule has 22 heavy (non-hydrogen) atoms. The molecule has 0 saturated carbocycles. The smallest absolute Gasteiger partial charge is 0.251 e. The Labute approximate surface area is 127 Å². The molecule has 1 amide bonds. The topological polar surface area (TPSA) is 77.6 Å². The van der Waals surface area contributed by atoms with Gasteiger partial charge in [0.15, 0.2) is 0 Å². The van der Waals surface area contributed by atoms with Crippen molar-refractivity contribution >= 4 is 5.91 Å². The minimum absolute atomic E-state index is 0.131. The summed E-state index contributed by atoms with van der Waals surface area (Å²) in [5.41, 5.74) is 3.32. The van der Waals surface area contributed by atoms with Gasteiger partial charge < -0.3 is 5.32 Å². The number of aromatic nitrogens is 5. The zero-order chi connectivity index (χ0) is 15.5. The van der Waals surface area contributed by atoms with E-state index in [-0.39, 0.29) is 5.91 Å². The first-order chi connectivity index (χ1) is 10.6. The van der Waals surface area contributed by atoms with Crippen LogP contribution < -0.4 is 5.32 Å². The molecule has 3 aromatic rings. The van der Waals surface area contributed by atoms with Crippen molar-refractivity contribution in [3.63, 3.8) is 0 Å². The largest absolute Gasteiger partial charge is 0.346 e. The van der Waals surface area contributed by atoms with Crippen molar-refractivity contribution < 1.29 is 4.79 Å². The SMILES string of the molecule is Cc1cc(CNC(=O)c2cccc(-n3cnnc3)c2)n(C)n1. The summed E-state index contributed by atoms with van der Waals surface area (Å²) in [7, 11) is 1.86. The number of hydrogen-bond acceptors (Lipinski definition) is 4. The van der Waals surface area contributed by atoms with Gasteiger partial charge in [-0.1, -0.05) is 6.07 Å². The van der Waals surface area contributed by atoms with Crippen molar-refractivity contribution in [2.75, 3.05) is 0 Å². The molecule has 0 bridgehead atoms. The number of carbonyl (C=O) groups excluding carboxylic acids is 1. The molecule has 0 unspecified atom stereocenters. The lowest BCUT2D eigenvalue weighted by Gasteiger charge is -2.07. The van der Waals surface area contributed by atoms with E-state index in [1.165, 1.54) is 0 Å². The van der Waals surface area contributed by atoms with Crippen molar-refractivity contribution in [1.82, 2.24) is 29.9 Å². The lowest BCUT2D eigenvalue weighted by molar-refractivity contribution is 0.0950. The Balaban J connectivity index is 1.72. The molecule has 0 spiro atoms. The minimum atomic E-state index is -0.131. The van der Waals surface area contributed by atoms with Gasteiger partial charge in [-0.2, -0.15) is 5.10 Å². The first-order valence-electron chi connectivity index (χ1n) is 6.86. The maximum atomic E-state index is 12.3. The minimum Gasteiger partial charge on any atom is -0.346 e. The van der Waals surface area contributed by atoms with Gasteiger partial charge in [-0.25, -0.2) is 0 Å². The van der Waals surface area contributed by atoms with Crippen molar-refractivity contribution in [3.05, 3.63) is 59.9 Å². The third-order valence-electron chi connectivity index (χ3n) is 3.35. The Morgan fingerprint density at radius 3 is 2.68 bits per heavy atom. The second-order valence-electron chi connectivity index (χ2n) is 5.00. The van der Waals surface area contributed by atoms with E-state index in [0.717, 1.165) is 17.1 Å². The Kier molecular flexibility index (Phi) is 3.69. The van der Waals surface area contributed by atoms with E-state index >= 15 is 0 Å². The number of nitrogens with zero attached hydrogens (tertiary/aromatic N) is 5. The predicted octanol–water partition coefficient (Wildman–Crippen LogP) is 1.24. The third-order valence-corrected chi connectivity index (χ3v) is 3.35. The molecule has 2 aromatic heterocycles. The summed E-state index contributed by atoms with van der Waals surface area (Å²) in [6.07, 6.45) is 3.19. The summed E-state index contributed by atoms with van der Waals surface area (Å²) in [5.74, 6) is -0.131. The zero-order valence-electron chi connectivity index (χ0n) is 12.4. The molecule has 7 heteroatoms. The standard InChI is InChI=1S/C15H16N6O/c1-11-6-14(20(2)19-11)8-16-15(22)12-4-3-5-13(7-12)21-9-17-18-10-21/h3-7,9-10H,8H2,1-2H3,(H,16,22). The van der Waals surface area contributed by atoms with Gasteiger partial charge in [0.2, 0.25) is 0 Å². The number of amides is 1. The Hall–Kier alpha value is -2.96. The molecule has 7 nitrogen and oxygen atoms in total. The average molecular weight is 296 g/mol. The highest BCUT2D eigenvalue weighted by Crippen LogP contribution is 2.10. The van der Waals surface area contributed by atoms with E-state index < -0.39 is 0 Å². The Bertz CT molecular complexity index is 790. The summed E-state index contributed by atoms with van der Waals surface area (Å²) in [5, 5.41) is 14.7. The normalized spacial score (nSPS) is 10.6. The summed E-state index contributed by atoms with van der Waals surface area (Å²) in [4.78, 5) is 12.3. The van der Waals surface area contributed by atoms with Gasteiger partial charge in [0.05, 0.1) is 17.9 Å². The van der Waals surface area contributed by atoms with E-state index in [2.05, 4.69) is 20.6 Å². The van der Waals surface area contributed by atoms with Gasteiger partial charge in [-0.3, -0.25) is 14.0 Å². The van der Waals surface area contributed by atoms with Crippen LogP contribution in [0.2, 0.25) is 0 Å². The Morgan fingerprint density at radius 1 is 1.23 bits per heavy atom. The lowest BCUT2D eigenvalue weighted by atomic mass is 10.2. The van der Waals surface area contributed by atoms with Crippen molar-refractivity contribution in [2.45, 2.75) is 13.5 Å². The molecule has 2 heterocycles. The van der Waals surface area contributed by atoms with Gasteiger partial charge >= 0.3 is 0 Å².